The summed E-state index contributed by atoms with van der Waals surface area (Å²) in [6.45, 7) is 3.18. The van der Waals surface area contributed by atoms with Gasteiger partial charge in [-0.15, -0.1) is 0 Å². The minimum atomic E-state index is -1.36. The van der Waals surface area contributed by atoms with E-state index in [2.05, 4.69) is 5.32 Å². The molecule has 0 saturated carbocycles. The maximum atomic E-state index is 13.4. The molecule has 1 N–H and O–H groups in total. The van der Waals surface area contributed by atoms with Crippen molar-refractivity contribution in [2.75, 3.05) is 0 Å². The van der Waals surface area contributed by atoms with Crippen molar-refractivity contribution >= 4 is 11.9 Å². The Morgan fingerprint density at radius 3 is 2.64 bits per heavy atom. The molecule has 6 heteroatoms. The zero-order valence-electron chi connectivity index (χ0n) is 13.8. The largest absolute Gasteiger partial charge is 0.445 e. The molecule has 130 valence electrons. The number of hydrogen-bond acceptors (Lipinski definition) is 3. The van der Waals surface area contributed by atoms with Gasteiger partial charge in [-0.1, -0.05) is 24.3 Å². The second-order valence-electron chi connectivity index (χ2n) is 6.32. The Labute approximate surface area is 143 Å². The fourth-order valence-corrected chi connectivity index (χ4v) is 2.87. The van der Waals surface area contributed by atoms with E-state index < -0.39 is 35.2 Å². The zero-order chi connectivity index (χ0) is 18.2. The summed E-state index contributed by atoms with van der Waals surface area (Å²) < 4.78 is 31.8. The van der Waals surface area contributed by atoms with Crippen LogP contribution in [0.2, 0.25) is 0 Å². The van der Waals surface area contributed by atoms with Gasteiger partial charge in [0.1, 0.15) is 0 Å². The molecule has 0 aliphatic carbocycles. The fraction of sp³-hybridized carbons (Fsp3) is 0.263. The highest BCUT2D eigenvalue weighted by atomic mass is 19.2. The first-order chi connectivity index (χ1) is 11.8. The standard InChI is InChI=1S/C19H17F2NO3/c1-11(12-7-8-15(20)16(21)9-12)22-18(24)19(2)10-13-5-3-4-6-14(13)17(23)25-19/h3-9,11H,10H2,1-2H3,(H,22,24). The predicted octanol–water partition coefficient (Wildman–Crippen LogP) is 3.31. The van der Waals surface area contributed by atoms with Gasteiger partial charge in [0.05, 0.1) is 11.6 Å². The zero-order valence-corrected chi connectivity index (χ0v) is 13.8. The molecule has 2 unspecified atom stereocenters. The van der Waals surface area contributed by atoms with Gasteiger partial charge in [-0.2, -0.15) is 0 Å². The van der Waals surface area contributed by atoms with Gasteiger partial charge in [-0.05, 0) is 43.2 Å². The SMILES string of the molecule is CC(NC(=O)C1(C)Cc2ccccc2C(=O)O1)c1ccc(F)c(F)c1. The molecule has 1 aliphatic rings. The molecule has 0 aromatic heterocycles. The van der Waals surface area contributed by atoms with Gasteiger partial charge in [0.15, 0.2) is 17.2 Å². The number of amides is 1. The monoisotopic (exact) mass is 345 g/mol. The van der Waals surface area contributed by atoms with Crippen LogP contribution in [0, 0.1) is 11.6 Å². The van der Waals surface area contributed by atoms with E-state index in [1.165, 1.54) is 13.0 Å². The molecule has 0 bridgehead atoms. The number of fused-ring (bicyclic) bond motifs is 1. The summed E-state index contributed by atoms with van der Waals surface area (Å²) in [7, 11) is 0. The summed E-state index contributed by atoms with van der Waals surface area (Å²) in [4.78, 5) is 24.8. The van der Waals surface area contributed by atoms with E-state index in [1.54, 1.807) is 31.2 Å². The van der Waals surface area contributed by atoms with Crippen LogP contribution in [-0.2, 0) is 16.0 Å². The molecule has 1 aliphatic heterocycles. The second-order valence-corrected chi connectivity index (χ2v) is 6.32. The third-order valence-electron chi connectivity index (χ3n) is 4.35. The average Bonchev–Trinajstić information content (AvgIpc) is 2.57. The van der Waals surface area contributed by atoms with Gasteiger partial charge in [0.2, 0.25) is 0 Å². The van der Waals surface area contributed by atoms with Crippen LogP contribution in [0.5, 0.6) is 0 Å². The topological polar surface area (TPSA) is 55.4 Å². The number of halogens is 2. The Morgan fingerprint density at radius 1 is 1.20 bits per heavy atom. The molecule has 0 spiro atoms. The first-order valence-corrected chi connectivity index (χ1v) is 7.87. The van der Waals surface area contributed by atoms with Crippen LogP contribution in [0.3, 0.4) is 0 Å². The van der Waals surface area contributed by atoms with E-state index in [-0.39, 0.29) is 6.42 Å². The minimum Gasteiger partial charge on any atom is -0.445 e. The van der Waals surface area contributed by atoms with Gasteiger partial charge in [0, 0.05) is 6.42 Å². The van der Waals surface area contributed by atoms with Crippen molar-refractivity contribution in [2.45, 2.75) is 31.9 Å². The molecule has 2 atom stereocenters. The highest BCUT2D eigenvalue weighted by Crippen LogP contribution is 2.29. The van der Waals surface area contributed by atoms with Gasteiger partial charge in [-0.3, -0.25) is 4.79 Å². The van der Waals surface area contributed by atoms with Crippen molar-refractivity contribution in [3.63, 3.8) is 0 Å². The number of carbonyl (C=O) groups excluding carboxylic acids is 2. The van der Waals surface area contributed by atoms with Crippen LogP contribution in [0.4, 0.5) is 8.78 Å². The van der Waals surface area contributed by atoms with Crippen molar-refractivity contribution < 1.29 is 23.1 Å². The van der Waals surface area contributed by atoms with Crippen LogP contribution in [0.15, 0.2) is 42.5 Å². The quantitative estimate of drug-likeness (QED) is 0.869. The first-order valence-electron chi connectivity index (χ1n) is 7.87. The lowest BCUT2D eigenvalue weighted by Crippen LogP contribution is -2.52. The number of benzene rings is 2. The number of nitrogens with one attached hydrogen (secondary N) is 1. The van der Waals surface area contributed by atoms with Crippen molar-refractivity contribution in [1.82, 2.24) is 5.32 Å². The third kappa shape index (κ3) is 3.24. The van der Waals surface area contributed by atoms with Crippen LogP contribution >= 0.6 is 0 Å². The van der Waals surface area contributed by atoms with E-state index >= 15 is 0 Å². The normalized spacial score (nSPS) is 20.4. The summed E-state index contributed by atoms with van der Waals surface area (Å²) in [5, 5.41) is 2.70. The van der Waals surface area contributed by atoms with E-state index in [4.69, 9.17) is 4.74 Å². The molecule has 0 radical (unpaired) electrons. The minimum absolute atomic E-state index is 0.241. The molecular weight excluding hydrogens is 328 g/mol. The Hall–Kier alpha value is -2.76. The number of cyclic esters (lactones) is 1. The molecule has 2 aromatic rings. The predicted molar refractivity (Wildman–Crippen MR) is 86.9 cm³/mol. The molecule has 2 aromatic carbocycles. The van der Waals surface area contributed by atoms with Crippen molar-refractivity contribution in [1.29, 1.82) is 0 Å². The highest BCUT2D eigenvalue weighted by molar-refractivity contribution is 5.97. The van der Waals surface area contributed by atoms with Crippen LogP contribution in [0.1, 0.15) is 41.4 Å². The summed E-state index contributed by atoms with van der Waals surface area (Å²) in [5.41, 5.74) is 0.231. The maximum absolute atomic E-state index is 13.4. The van der Waals surface area contributed by atoms with Crippen LogP contribution < -0.4 is 5.32 Å². The van der Waals surface area contributed by atoms with Gasteiger partial charge in [-0.25, -0.2) is 13.6 Å². The Bertz CT molecular complexity index is 852. The van der Waals surface area contributed by atoms with Gasteiger partial charge >= 0.3 is 5.97 Å². The lowest BCUT2D eigenvalue weighted by molar-refractivity contribution is -0.140. The van der Waals surface area contributed by atoms with E-state index in [0.29, 0.717) is 11.1 Å². The van der Waals surface area contributed by atoms with E-state index in [9.17, 15) is 18.4 Å². The number of hydrogen-bond donors (Lipinski definition) is 1. The Balaban J connectivity index is 1.78. The molecule has 3 rings (SSSR count). The number of carbonyl (C=O) groups is 2. The molecule has 0 fully saturated rings. The van der Waals surface area contributed by atoms with Gasteiger partial charge in [0.25, 0.3) is 5.91 Å². The molecule has 0 saturated heterocycles. The van der Waals surface area contributed by atoms with Crippen molar-refractivity contribution in [3.8, 4) is 0 Å². The lowest BCUT2D eigenvalue weighted by atomic mass is 9.89. The highest BCUT2D eigenvalue weighted by Gasteiger charge is 2.42. The van der Waals surface area contributed by atoms with Crippen molar-refractivity contribution in [2.24, 2.45) is 0 Å². The summed E-state index contributed by atoms with van der Waals surface area (Å²) in [6, 6.07) is 9.81. The number of esters is 1. The molecule has 1 heterocycles. The molecule has 1 amide bonds. The fourth-order valence-electron chi connectivity index (χ4n) is 2.87. The van der Waals surface area contributed by atoms with E-state index in [1.807, 2.05) is 0 Å². The van der Waals surface area contributed by atoms with Gasteiger partial charge < -0.3 is 10.1 Å². The maximum Gasteiger partial charge on any atom is 0.339 e. The second kappa shape index (κ2) is 6.27. The summed E-state index contributed by atoms with van der Waals surface area (Å²) in [5.74, 6) is -2.98. The summed E-state index contributed by atoms with van der Waals surface area (Å²) >= 11 is 0. The van der Waals surface area contributed by atoms with Crippen LogP contribution in [0.25, 0.3) is 0 Å². The summed E-state index contributed by atoms with van der Waals surface area (Å²) in [6.07, 6.45) is 0.241. The first kappa shape index (κ1) is 17.1. The number of rotatable bonds is 3. The molecule has 25 heavy (non-hydrogen) atoms. The van der Waals surface area contributed by atoms with E-state index in [0.717, 1.165) is 17.7 Å². The average molecular weight is 345 g/mol. The Morgan fingerprint density at radius 2 is 1.92 bits per heavy atom. The lowest BCUT2D eigenvalue weighted by Gasteiger charge is -2.34. The van der Waals surface area contributed by atoms with Crippen molar-refractivity contribution in [3.05, 3.63) is 70.8 Å². The van der Waals surface area contributed by atoms with Crippen LogP contribution in [-0.4, -0.2) is 17.5 Å². The molecular formula is C19H17F2NO3. The third-order valence-corrected chi connectivity index (χ3v) is 4.35. The Kier molecular flexibility index (Phi) is 4.29. The molecule has 4 nitrogen and oxygen atoms in total. The smallest absolute Gasteiger partial charge is 0.339 e. The number of ether oxygens (including phenoxy) is 1.